The monoisotopic (exact) mass is 152 g/mol. The van der Waals surface area contributed by atoms with Crippen LogP contribution in [0, 0.1) is 0 Å². The van der Waals surface area contributed by atoms with Crippen molar-refractivity contribution in [3.63, 3.8) is 0 Å². The van der Waals surface area contributed by atoms with Crippen molar-refractivity contribution in [2.75, 3.05) is 0 Å². The van der Waals surface area contributed by atoms with Gasteiger partial charge in [0, 0.05) is 6.42 Å². The van der Waals surface area contributed by atoms with Gasteiger partial charge in [0.2, 0.25) is 0 Å². The van der Waals surface area contributed by atoms with Gasteiger partial charge in [0.1, 0.15) is 0 Å². The van der Waals surface area contributed by atoms with E-state index in [9.17, 15) is 0 Å². The first kappa shape index (κ1) is 10.1. The van der Waals surface area contributed by atoms with Crippen molar-refractivity contribution in [3.05, 3.63) is 17.7 Å². The van der Waals surface area contributed by atoms with E-state index in [-0.39, 0.29) is 0 Å². The SMILES string of the molecule is CC/C=C/CCCCC=[N+]=[N-]. The molecule has 0 heterocycles. The molecular formula is C9H16N2. The minimum absolute atomic E-state index is 0.885. The van der Waals surface area contributed by atoms with Crippen molar-refractivity contribution in [1.82, 2.24) is 0 Å². The standard InChI is InChI=1S/C9H16N2/c1-2-3-4-5-6-7-8-9-11-10/h3-4,9H,2,5-8H2,1H3/b4-3+. The van der Waals surface area contributed by atoms with Crippen LogP contribution in [0.15, 0.2) is 12.2 Å². The summed E-state index contributed by atoms with van der Waals surface area (Å²) in [6, 6.07) is 0. The Morgan fingerprint density at radius 2 is 1.91 bits per heavy atom. The van der Waals surface area contributed by atoms with Gasteiger partial charge in [0.05, 0.1) is 0 Å². The molecule has 0 saturated carbocycles. The van der Waals surface area contributed by atoms with Gasteiger partial charge in [-0.15, -0.1) is 0 Å². The number of nitrogens with zero attached hydrogens (tertiary/aromatic N) is 2. The Morgan fingerprint density at radius 1 is 1.18 bits per heavy atom. The fourth-order valence-corrected chi connectivity index (χ4v) is 0.840. The molecule has 0 aromatic carbocycles. The molecular weight excluding hydrogens is 136 g/mol. The third kappa shape index (κ3) is 9.12. The Morgan fingerprint density at radius 3 is 2.55 bits per heavy atom. The fraction of sp³-hybridized carbons (Fsp3) is 0.667. The topological polar surface area (TPSA) is 36.4 Å². The van der Waals surface area contributed by atoms with E-state index in [1.807, 2.05) is 0 Å². The molecule has 0 unspecified atom stereocenters. The molecule has 0 aliphatic carbocycles. The minimum Gasteiger partial charge on any atom is -0.362 e. The van der Waals surface area contributed by atoms with E-state index >= 15 is 0 Å². The molecule has 0 radical (unpaired) electrons. The molecule has 62 valence electrons. The second-order valence-corrected chi connectivity index (χ2v) is 2.46. The van der Waals surface area contributed by atoms with Gasteiger partial charge in [-0.25, -0.2) is 0 Å². The first-order valence-corrected chi connectivity index (χ1v) is 4.22. The molecule has 0 rings (SSSR count). The Bertz CT molecular complexity index is 144. The van der Waals surface area contributed by atoms with Gasteiger partial charge in [0.25, 0.3) is 6.21 Å². The average molecular weight is 152 g/mol. The van der Waals surface area contributed by atoms with Crippen molar-refractivity contribution in [1.29, 1.82) is 0 Å². The number of hydrogen-bond acceptors (Lipinski definition) is 0. The third-order valence-corrected chi connectivity index (χ3v) is 1.44. The largest absolute Gasteiger partial charge is 0.362 e. The van der Waals surface area contributed by atoms with Crippen LogP contribution in [0.5, 0.6) is 0 Å². The highest BCUT2D eigenvalue weighted by atomic mass is 14.8. The lowest BCUT2D eigenvalue weighted by atomic mass is 10.2. The summed E-state index contributed by atoms with van der Waals surface area (Å²) in [6.45, 7) is 2.13. The summed E-state index contributed by atoms with van der Waals surface area (Å²) in [5.41, 5.74) is 8.06. The van der Waals surface area contributed by atoms with Gasteiger partial charge >= 0.3 is 0 Å². The van der Waals surface area contributed by atoms with E-state index in [2.05, 4.69) is 23.9 Å². The second-order valence-electron chi connectivity index (χ2n) is 2.46. The molecule has 0 saturated heterocycles. The summed E-state index contributed by atoms with van der Waals surface area (Å²) in [5.74, 6) is 0. The van der Waals surface area contributed by atoms with Crippen molar-refractivity contribution in [3.8, 4) is 0 Å². The maximum atomic E-state index is 8.06. The summed E-state index contributed by atoms with van der Waals surface area (Å²) in [6.07, 6.45) is 11.4. The van der Waals surface area contributed by atoms with Gasteiger partial charge in [-0.1, -0.05) is 19.1 Å². The van der Waals surface area contributed by atoms with Crippen molar-refractivity contribution < 1.29 is 4.79 Å². The Labute approximate surface area is 68.6 Å². The van der Waals surface area contributed by atoms with E-state index in [0.717, 1.165) is 25.7 Å². The van der Waals surface area contributed by atoms with Crippen LogP contribution in [-0.4, -0.2) is 11.0 Å². The van der Waals surface area contributed by atoms with E-state index in [1.165, 1.54) is 6.42 Å². The number of unbranched alkanes of at least 4 members (excludes halogenated alkanes) is 3. The molecule has 0 atom stereocenters. The summed E-state index contributed by atoms with van der Waals surface area (Å²) in [4.78, 5) is 2.93. The lowest BCUT2D eigenvalue weighted by Gasteiger charge is -1.88. The smallest absolute Gasteiger partial charge is 0.257 e. The molecule has 0 aliphatic rings. The van der Waals surface area contributed by atoms with E-state index < -0.39 is 0 Å². The van der Waals surface area contributed by atoms with Crippen LogP contribution in [0.1, 0.15) is 39.0 Å². The van der Waals surface area contributed by atoms with Gasteiger partial charge in [-0.05, 0) is 25.7 Å². The molecule has 2 heteroatoms. The zero-order valence-electron chi connectivity index (χ0n) is 7.16. The molecule has 0 aromatic rings. The van der Waals surface area contributed by atoms with Crippen molar-refractivity contribution in [2.24, 2.45) is 0 Å². The van der Waals surface area contributed by atoms with Crippen LogP contribution >= 0.6 is 0 Å². The molecule has 2 nitrogen and oxygen atoms in total. The van der Waals surface area contributed by atoms with Gasteiger partial charge in [-0.2, -0.15) is 4.79 Å². The fourth-order valence-electron chi connectivity index (χ4n) is 0.840. The Balaban J connectivity index is 3.02. The lowest BCUT2D eigenvalue weighted by Crippen LogP contribution is -1.77. The predicted octanol–water partition coefficient (Wildman–Crippen LogP) is 2.81. The maximum Gasteiger partial charge on any atom is 0.257 e. The highest BCUT2D eigenvalue weighted by molar-refractivity contribution is 5.49. The first-order valence-electron chi connectivity index (χ1n) is 4.22. The van der Waals surface area contributed by atoms with Crippen LogP contribution in [0.2, 0.25) is 0 Å². The molecule has 0 bridgehead atoms. The molecule has 0 spiro atoms. The first-order chi connectivity index (χ1) is 5.41. The zero-order chi connectivity index (χ0) is 8.36. The summed E-state index contributed by atoms with van der Waals surface area (Å²) < 4.78 is 0. The Kier molecular flexibility index (Phi) is 8.39. The molecule has 0 N–H and O–H groups in total. The van der Waals surface area contributed by atoms with Crippen LogP contribution in [0.4, 0.5) is 0 Å². The molecule has 0 aliphatic heterocycles. The predicted molar refractivity (Wildman–Crippen MR) is 47.6 cm³/mol. The van der Waals surface area contributed by atoms with Gasteiger partial charge in [0.15, 0.2) is 0 Å². The van der Waals surface area contributed by atoms with Crippen molar-refractivity contribution >= 4 is 6.21 Å². The third-order valence-electron chi connectivity index (χ3n) is 1.44. The van der Waals surface area contributed by atoms with Gasteiger partial charge < -0.3 is 5.53 Å². The molecule has 0 aromatic heterocycles. The van der Waals surface area contributed by atoms with Crippen LogP contribution in [-0.2, 0) is 0 Å². The Hall–Kier alpha value is -0.880. The van der Waals surface area contributed by atoms with E-state index in [4.69, 9.17) is 5.53 Å². The quantitative estimate of drug-likeness (QED) is 0.184. The number of rotatable bonds is 6. The minimum atomic E-state index is 0.885. The summed E-state index contributed by atoms with van der Waals surface area (Å²) in [5, 5.41) is 0. The molecule has 11 heavy (non-hydrogen) atoms. The summed E-state index contributed by atoms with van der Waals surface area (Å²) >= 11 is 0. The maximum absolute atomic E-state index is 8.06. The second kappa shape index (κ2) is 9.12. The van der Waals surface area contributed by atoms with Crippen LogP contribution < -0.4 is 0 Å². The highest BCUT2D eigenvalue weighted by Gasteiger charge is 1.85. The lowest BCUT2D eigenvalue weighted by molar-refractivity contribution is 0.000749. The summed E-state index contributed by atoms with van der Waals surface area (Å²) in [7, 11) is 0. The van der Waals surface area contributed by atoms with Crippen LogP contribution in [0.25, 0.3) is 5.53 Å². The number of hydrogen-bond donors (Lipinski definition) is 0. The highest BCUT2D eigenvalue weighted by Crippen LogP contribution is 1.98. The van der Waals surface area contributed by atoms with Gasteiger partial charge in [-0.3, -0.25) is 0 Å². The van der Waals surface area contributed by atoms with E-state index in [0.29, 0.717) is 0 Å². The normalized spacial score (nSPS) is 9.91. The number of allylic oxidation sites excluding steroid dienone is 2. The van der Waals surface area contributed by atoms with Crippen LogP contribution in [0.3, 0.4) is 0 Å². The zero-order valence-corrected chi connectivity index (χ0v) is 7.16. The average Bonchev–Trinajstić information content (AvgIpc) is 2.03. The van der Waals surface area contributed by atoms with Crippen molar-refractivity contribution in [2.45, 2.75) is 39.0 Å². The molecule has 0 fully saturated rings. The van der Waals surface area contributed by atoms with E-state index in [1.54, 1.807) is 6.21 Å². The molecule has 0 amide bonds.